The third-order valence-electron chi connectivity index (χ3n) is 4.56. The second-order valence-electron chi connectivity index (χ2n) is 6.37. The summed E-state index contributed by atoms with van der Waals surface area (Å²) in [6.07, 6.45) is 1.19. The summed E-state index contributed by atoms with van der Waals surface area (Å²) in [5.74, 6) is -0.484. The molecule has 0 unspecified atom stereocenters. The molecule has 0 aromatic heterocycles. The van der Waals surface area contributed by atoms with Crippen molar-refractivity contribution < 1.29 is 22.3 Å². The Labute approximate surface area is 158 Å². The fraction of sp³-hybridized carbons (Fsp3) is 0.316. The highest BCUT2D eigenvalue weighted by Crippen LogP contribution is 2.25. The van der Waals surface area contributed by atoms with Gasteiger partial charge < -0.3 is 10.1 Å². The van der Waals surface area contributed by atoms with Crippen LogP contribution in [0.4, 0.5) is 10.1 Å². The number of sulfonamides is 1. The van der Waals surface area contributed by atoms with Crippen LogP contribution in [0.25, 0.3) is 0 Å². The zero-order chi connectivity index (χ0) is 19.4. The highest BCUT2D eigenvalue weighted by atomic mass is 32.2. The van der Waals surface area contributed by atoms with Crippen molar-refractivity contribution in [3.63, 3.8) is 0 Å². The summed E-state index contributed by atoms with van der Waals surface area (Å²) in [5, 5.41) is 2.82. The molecule has 1 heterocycles. The van der Waals surface area contributed by atoms with Gasteiger partial charge in [0.15, 0.2) is 0 Å². The average Bonchev–Trinajstić information content (AvgIpc) is 2.69. The van der Waals surface area contributed by atoms with E-state index >= 15 is 0 Å². The maximum Gasteiger partial charge on any atom is 0.243 e. The standard InChI is InChI=1S/C19H21FN2O4S/c1-26-17-8-6-16(7-9-17)21-19(23)14-3-2-12-22(13-14)27(24,25)18-10-4-15(20)5-11-18/h4-11,14H,2-3,12-13H2,1H3,(H,21,23)/t14-/m0/s1. The summed E-state index contributed by atoms with van der Waals surface area (Å²) in [6, 6.07) is 11.6. The van der Waals surface area contributed by atoms with Gasteiger partial charge in [-0.2, -0.15) is 4.31 Å². The Morgan fingerprint density at radius 1 is 1.15 bits per heavy atom. The van der Waals surface area contributed by atoms with E-state index in [4.69, 9.17) is 4.74 Å². The molecule has 1 N–H and O–H groups in total. The first-order valence-electron chi connectivity index (χ1n) is 8.61. The van der Waals surface area contributed by atoms with Gasteiger partial charge in [0.25, 0.3) is 0 Å². The minimum Gasteiger partial charge on any atom is -0.497 e. The Hall–Kier alpha value is -2.45. The fourth-order valence-corrected chi connectivity index (χ4v) is 4.57. The fourth-order valence-electron chi connectivity index (χ4n) is 3.05. The van der Waals surface area contributed by atoms with Gasteiger partial charge >= 0.3 is 0 Å². The molecule has 0 saturated carbocycles. The van der Waals surface area contributed by atoms with Crippen LogP contribution in [0.3, 0.4) is 0 Å². The van der Waals surface area contributed by atoms with E-state index in [-0.39, 0.29) is 17.3 Å². The van der Waals surface area contributed by atoms with E-state index in [0.717, 1.165) is 12.1 Å². The van der Waals surface area contributed by atoms with Gasteiger partial charge in [-0.05, 0) is 61.4 Å². The highest BCUT2D eigenvalue weighted by molar-refractivity contribution is 7.89. The van der Waals surface area contributed by atoms with Crippen LogP contribution < -0.4 is 10.1 Å². The van der Waals surface area contributed by atoms with E-state index in [1.165, 1.54) is 16.4 Å². The number of hydrogen-bond donors (Lipinski definition) is 1. The highest BCUT2D eigenvalue weighted by Gasteiger charge is 2.33. The monoisotopic (exact) mass is 392 g/mol. The number of ether oxygens (including phenoxy) is 1. The number of nitrogens with zero attached hydrogens (tertiary/aromatic N) is 1. The SMILES string of the molecule is COc1ccc(NC(=O)[C@H]2CCCN(S(=O)(=O)c3ccc(F)cc3)C2)cc1. The number of methoxy groups -OCH3 is 1. The Morgan fingerprint density at radius 3 is 2.44 bits per heavy atom. The molecule has 0 radical (unpaired) electrons. The molecule has 27 heavy (non-hydrogen) atoms. The Morgan fingerprint density at radius 2 is 1.81 bits per heavy atom. The maximum absolute atomic E-state index is 13.1. The van der Waals surface area contributed by atoms with E-state index in [9.17, 15) is 17.6 Å². The van der Waals surface area contributed by atoms with E-state index in [1.807, 2.05) is 0 Å². The molecule has 1 atom stereocenters. The van der Waals surface area contributed by atoms with Crippen LogP contribution in [-0.4, -0.2) is 38.8 Å². The number of nitrogens with one attached hydrogen (secondary N) is 1. The molecule has 1 aliphatic heterocycles. The summed E-state index contributed by atoms with van der Waals surface area (Å²) in [7, 11) is -2.20. The number of amides is 1. The second-order valence-corrected chi connectivity index (χ2v) is 8.31. The quantitative estimate of drug-likeness (QED) is 0.849. The number of halogens is 1. The lowest BCUT2D eigenvalue weighted by atomic mass is 9.99. The molecular weight excluding hydrogens is 371 g/mol. The zero-order valence-electron chi connectivity index (χ0n) is 14.9. The molecule has 1 aliphatic rings. The third kappa shape index (κ3) is 4.45. The van der Waals surface area contributed by atoms with Crippen molar-refractivity contribution in [3.8, 4) is 5.75 Å². The maximum atomic E-state index is 13.1. The van der Waals surface area contributed by atoms with Crippen LogP contribution in [-0.2, 0) is 14.8 Å². The smallest absolute Gasteiger partial charge is 0.243 e. The van der Waals surface area contributed by atoms with Crippen molar-refractivity contribution in [1.29, 1.82) is 0 Å². The van der Waals surface area contributed by atoms with Gasteiger partial charge in [-0.3, -0.25) is 4.79 Å². The third-order valence-corrected chi connectivity index (χ3v) is 6.44. The van der Waals surface area contributed by atoms with Crippen molar-refractivity contribution in [3.05, 3.63) is 54.3 Å². The minimum atomic E-state index is -3.76. The molecule has 144 valence electrons. The van der Waals surface area contributed by atoms with Gasteiger partial charge in [-0.25, -0.2) is 12.8 Å². The number of rotatable bonds is 5. The van der Waals surface area contributed by atoms with Crippen molar-refractivity contribution in [2.45, 2.75) is 17.7 Å². The van der Waals surface area contributed by atoms with Crippen molar-refractivity contribution in [1.82, 2.24) is 4.31 Å². The molecule has 1 saturated heterocycles. The van der Waals surface area contributed by atoms with Crippen molar-refractivity contribution in [2.24, 2.45) is 5.92 Å². The molecule has 2 aromatic rings. The number of carbonyl (C=O) groups is 1. The Bertz CT molecular complexity index is 898. The first-order chi connectivity index (χ1) is 12.9. The molecule has 0 bridgehead atoms. The van der Waals surface area contributed by atoms with Crippen molar-refractivity contribution >= 4 is 21.6 Å². The first-order valence-corrected chi connectivity index (χ1v) is 10.0. The molecular formula is C19H21FN2O4S. The predicted octanol–water partition coefficient (Wildman–Crippen LogP) is 2.87. The van der Waals surface area contributed by atoms with Gasteiger partial charge in [0.2, 0.25) is 15.9 Å². The molecule has 0 aliphatic carbocycles. The summed E-state index contributed by atoms with van der Waals surface area (Å²) < 4.78 is 45.0. The minimum absolute atomic E-state index is 0.0279. The van der Waals surface area contributed by atoms with Gasteiger partial charge in [0, 0.05) is 18.8 Å². The van der Waals surface area contributed by atoms with E-state index in [2.05, 4.69) is 5.32 Å². The molecule has 6 nitrogen and oxygen atoms in total. The van der Waals surface area contributed by atoms with Crippen LogP contribution in [0.15, 0.2) is 53.4 Å². The number of benzene rings is 2. The van der Waals surface area contributed by atoms with Gasteiger partial charge in [-0.1, -0.05) is 0 Å². The lowest BCUT2D eigenvalue weighted by Gasteiger charge is -2.31. The normalized spacial score (nSPS) is 18.1. The van der Waals surface area contributed by atoms with Crippen LogP contribution in [0.5, 0.6) is 5.75 Å². The molecule has 3 rings (SSSR count). The second kappa shape index (κ2) is 8.06. The van der Waals surface area contributed by atoms with Gasteiger partial charge in [0.05, 0.1) is 17.9 Å². The van der Waals surface area contributed by atoms with Crippen molar-refractivity contribution in [2.75, 3.05) is 25.5 Å². The topological polar surface area (TPSA) is 75.7 Å². The van der Waals surface area contributed by atoms with Crippen LogP contribution in [0, 0.1) is 11.7 Å². The number of anilines is 1. The Balaban J connectivity index is 1.69. The number of hydrogen-bond acceptors (Lipinski definition) is 4. The predicted molar refractivity (Wildman–Crippen MR) is 99.5 cm³/mol. The van der Waals surface area contributed by atoms with Crippen LogP contribution in [0.1, 0.15) is 12.8 Å². The molecule has 2 aromatic carbocycles. The zero-order valence-corrected chi connectivity index (χ0v) is 15.7. The first kappa shape index (κ1) is 19.3. The largest absolute Gasteiger partial charge is 0.497 e. The summed E-state index contributed by atoms with van der Waals surface area (Å²) in [5.41, 5.74) is 0.624. The van der Waals surface area contributed by atoms with E-state index in [1.54, 1.807) is 31.4 Å². The number of carbonyl (C=O) groups excluding carboxylic acids is 1. The van der Waals surface area contributed by atoms with Crippen LogP contribution >= 0.6 is 0 Å². The molecule has 1 fully saturated rings. The molecule has 0 spiro atoms. The lowest BCUT2D eigenvalue weighted by molar-refractivity contribution is -0.120. The van der Waals surface area contributed by atoms with E-state index in [0.29, 0.717) is 30.8 Å². The number of piperidine rings is 1. The summed E-state index contributed by atoms with van der Waals surface area (Å²) in [6.45, 7) is 0.438. The average molecular weight is 392 g/mol. The van der Waals surface area contributed by atoms with E-state index < -0.39 is 21.8 Å². The van der Waals surface area contributed by atoms with Gasteiger partial charge in [-0.15, -0.1) is 0 Å². The molecule has 1 amide bonds. The Kier molecular flexibility index (Phi) is 5.76. The summed E-state index contributed by atoms with van der Waals surface area (Å²) in [4.78, 5) is 12.6. The van der Waals surface area contributed by atoms with Gasteiger partial charge in [0.1, 0.15) is 11.6 Å². The lowest BCUT2D eigenvalue weighted by Crippen LogP contribution is -2.43. The molecule has 8 heteroatoms. The van der Waals surface area contributed by atoms with Crippen LogP contribution in [0.2, 0.25) is 0 Å². The summed E-state index contributed by atoms with van der Waals surface area (Å²) >= 11 is 0.